The van der Waals surface area contributed by atoms with Gasteiger partial charge in [-0.1, -0.05) is 36.4 Å². The Kier molecular flexibility index (Phi) is 5.20. The first kappa shape index (κ1) is 17.6. The minimum Gasteiger partial charge on any atom is -0.282 e. The third-order valence-electron chi connectivity index (χ3n) is 3.39. The van der Waals surface area contributed by atoms with Gasteiger partial charge in [-0.3, -0.25) is 9.11 Å². The van der Waals surface area contributed by atoms with E-state index in [1.807, 2.05) is 0 Å². The molecule has 2 N–H and O–H groups in total. The molecular weight excluding hydrogens is 340 g/mol. The number of rotatable bonds is 6. The Balaban J connectivity index is 2.17. The summed E-state index contributed by atoms with van der Waals surface area (Å²) in [6.07, 6.45) is 1.14. The molecule has 0 amide bonds. The average Bonchev–Trinajstić information content (AvgIpc) is 2.46. The Labute approximate surface area is 135 Å². The van der Waals surface area contributed by atoms with Crippen molar-refractivity contribution in [1.29, 1.82) is 0 Å². The van der Waals surface area contributed by atoms with Gasteiger partial charge < -0.3 is 0 Å². The molecule has 2 aromatic carbocycles. The quantitative estimate of drug-likeness (QED) is 0.769. The molecule has 0 aliphatic rings. The summed E-state index contributed by atoms with van der Waals surface area (Å²) in [6, 6.07) is 12.2. The lowest BCUT2D eigenvalue weighted by atomic mass is 10.0. The third-order valence-corrected chi connectivity index (χ3v) is 5.30. The summed E-state index contributed by atoms with van der Waals surface area (Å²) >= 11 is 0. The summed E-state index contributed by atoms with van der Waals surface area (Å²) in [5, 5.41) is 0. The van der Waals surface area contributed by atoms with Crippen LogP contribution in [0.1, 0.15) is 17.5 Å². The van der Waals surface area contributed by atoms with E-state index in [9.17, 15) is 25.9 Å². The fourth-order valence-corrected chi connectivity index (χ4v) is 3.90. The van der Waals surface area contributed by atoms with Gasteiger partial charge in [-0.2, -0.15) is 16.8 Å². The molecule has 0 heterocycles. The first-order valence-corrected chi connectivity index (χ1v) is 9.68. The summed E-state index contributed by atoms with van der Waals surface area (Å²) < 4.78 is 63.7. The van der Waals surface area contributed by atoms with Crippen LogP contribution in [0.25, 0.3) is 0 Å². The van der Waals surface area contributed by atoms with E-state index in [1.54, 1.807) is 24.3 Å². The molecule has 124 valence electrons. The van der Waals surface area contributed by atoms with Gasteiger partial charge in [0.05, 0.1) is 9.79 Å². The van der Waals surface area contributed by atoms with Gasteiger partial charge in [0, 0.05) is 0 Å². The lowest BCUT2D eigenvalue weighted by Gasteiger charge is -2.09. The Bertz CT molecular complexity index is 826. The summed E-state index contributed by atoms with van der Waals surface area (Å²) in [7, 11) is -8.59. The van der Waals surface area contributed by atoms with Crippen molar-refractivity contribution in [3.05, 3.63) is 59.7 Å². The van der Waals surface area contributed by atoms with Gasteiger partial charge in [0.1, 0.15) is 0 Å². The van der Waals surface area contributed by atoms with Crippen LogP contribution in [0.4, 0.5) is 0 Å². The van der Waals surface area contributed by atoms with Crippen LogP contribution in [-0.2, 0) is 33.1 Å². The van der Waals surface area contributed by atoms with E-state index < -0.39 is 20.2 Å². The van der Waals surface area contributed by atoms with Gasteiger partial charge in [-0.15, -0.1) is 0 Å². The molecule has 0 bridgehead atoms. The van der Waals surface area contributed by atoms with E-state index in [1.165, 1.54) is 24.3 Å². The maximum Gasteiger partial charge on any atom is 0.294 e. The Morgan fingerprint density at radius 1 is 0.652 bits per heavy atom. The molecule has 0 fully saturated rings. The zero-order valence-electron chi connectivity index (χ0n) is 12.1. The summed E-state index contributed by atoms with van der Waals surface area (Å²) in [5.41, 5.74) is 0.915. The molecule has 0 unspecified atom stereocenters. The SMILES string of the molecule is O=S(=O)(O)c1ccccc1CCCc1ccccc1S(=O)(=O)O. The lowest BCUT2D eigenvalue weighted by molar-refractivity contribution is 0.480. The summed E-state index contributed by atoms with van der Waals surface area (Å²) in [5.74, 6) is 0. The minimum atomic E-state index is -4.30. The molecule has 0 radical (unpaired) electrons. The van der Waals surface area contributed by atoms with Crippen molar-refractivity contribution in [3.63, 3.8) is 0 Å². The standard InChI is InChI=1S/C15H16O6S2/c16-22(17,18)14-10-3-1-6-12(14)8-5-9-13-7-2-4-11-15(13)23(19,20)21/h1-4,6-7,10-11H,5,8-9H2,(H,16,17,18)(H,19,20,21). The molecule has 0 aromatic heterocycles. The van der Waals surface area contributed by atoms with Crippen LogP contribution in [0.2, 0.25) is 0 Å². The van der Waals surface area contributed by atoms with Gasteiger partial charge in [-0.25, -0.2) is 0 Å². The van der Waals surface area contributed by atoms with Crippen molar-refractivity contribution in [3.8, 4) is 0 Å². The highest BCUT2D eigenvalue weighted by Gasteiger charge is 2.16. The van der Waals surface area contributed by atoms with Crippen LogP contribution in [-0.4, -0.2) is 25.9 Å². The van der Waals surface area contributed by atoms with Crippen molar-refractivity contribution in [2.45, 2.75) is 29.1 Å². The highest BCUT2D eigenvalue weighted by atomic mass is 32.2. The van der Waals surface area contributed by atoms with Gasteiger partial charge in [0.15, 0.2) is 0 Å². The number of benzene rings is 2. The second-order valence-electron chi connectivity index (χ2n) is 5.02. The Hall–Kier alpha value is -1.74. The molecule has 0 atom stereocenters. The fraction of sp³-hybridized carbons (Fsp3) is 0.200. The topological polar surface area (TPSA) is 109 Å². The van der Waals surface area contributed by atoms with Crippen LogP contribution in [0.3, 0.4) is 0 Å². The largest absolute Gasteiger partial charge is 0.294 e. The highest BCUT2D eigenvalue weighted by molar-refractivity contribution is 7.86. The van der Waals surface area contributed by atoms with E-state index in [0.717, 1.165) is 0 Å². The predicted octanol–water partition coefficient (Wildman–Crippen LogP) is 2.36. The zero-order valence-corrected chi connectivity index (χ0v) is 13.7. The van der Waals surface area contributed by atoms with E-state index in [2.05, 4.69) is 0 Å². The smallest absolute Gasteiger partial charge is 0.282 e. The van der Waals surface area contributed by atoms with E-state index >= 15 is 0 Å². The molecule has 2 aromatic rings. The van der Waals surface area contributed by atoms with Crippen molar-refractivity contribution < 1.29 is 25.9 Å². The van der Waals surface area contributed by atoms with E-state index in [-0.39, 0.29) is 9.79 Å². The van der Waals surface area contributed by atoms with Crippen LogP contribution in [0.15, 0.2) is 58.3 Å². The first-order valence-electron chi connectivity index (χ1n) is 6.80. The van der Waals surface area contributed by atoms with Gasteiger partial charge in [0.25, 0.3) is 20.2 Å². The number of hydrogen-bond acceptors (Lipinski definition) is 4. The maximum atomic E-state index is 11.3. The van der Waals surface area contributed by atoms with E-state index in [4.69, 9.17) is 0 Å². The minimum absolute atomic E-state index is 0.150. The molecular formula is C15H16O6S2. The monoisotopic (exact) mass is 356 g/mol. The molecule has 6 nitrogen and oxygen atoms in total. The van der Waals surface area contributed by atoms with Gasteiger partial charge >= 0.3 is 0 Å². The highest BCUT2D eigenvalue weighted by Crippen LogP contribution is 2.20. The molecule has 0 aliphatic heterocycles. The van der Waals surface area contributed by atoms with Gasteiger partial charge in [0.2, 0.25) is 0 Å². The molecule has 2 rings (SSSR count). The molecule has 23 heavy (non-hydrogen) atoms. The van der Waals surface area contributed by atoms with Crippen LogP contribution < -0.4 is 0 Å². The van der Waals surface area contributed by atoms with Crippen molar-refractivity contribution in [1.82, 2.24) is 0 Å². The van der Waals surface area contributed by atoms with Crippen molar-refractivity contribution in [2.24, 2.45) is 0 Å². The number of aryl methyl sites for hydroxylation is 2. The normalized spacial score (nSPS) is 12.3. The van der Waals surface area contributed by atoms with Crippen molar-refractivity contribution >= 4 is 20.2 Å². The van der Waals surface area contributed by atoms with E-state index in [0.29, 0.717) is 30.4 Å². The predicted molar refractivity (Wildman–Crippen MR) is 84.5 cm³/mol. The molecule has 0 spiro atoms. The molecule has 0 saturated carbocycles. The second kappa shape index (κ2) is 6.79. The summed E-state index contributed by atoms with van der Waals surface area (Å²) in [4.78, 5) is -0.300. The molecule has 8 heteroatoms. The van der Waals surface area contributed by atoms with Crippen LogP contribution in [0.5, 0.6) is 0 Å². The van der Waals surface area contributed by atoms with Gasteiger partial charge in [-0.05, 0) is 42.5 Å². The van der Waals surface area contributed by atoms with Crippen LogP contribution in [0, 0.1) is 0 Å². The van der Waals surface area contributed by atoms with Crippen LogP contribution >= 0.6 is 0 Å². The fourth-order valence-electron chi connectivity index (χ4n) is 2.39. The first-order chi connectivity index (χ1) is 10.7. The third kappa shape index (κ3) is 4.61. The Morgan fingerprint density at radius 3 is 1.35 bits per heavy atom. The molecule has 0 aliphatic carbocycles. The second-order valence-corrected chi connectivity index (χ2v) is 7.80. The Morgan fingerprint density at radius 2 is 1.00 bits per heavy atom. The zero-order chi connectivity index (χ0) is 17.1. The number of hydrogen-bond donors (Lipinski definition) is 2. The lowest BCUT2D eigenvalue weighted by Crippen LogP contribution is -2.05. The summed E-state index contributed by atoms with van der Waals surface area (Å²) in [6.45, 7) is 0. The maximum absolute atomic E-state index is 11.3. The average molecular weight is 356 g/mol. The van der Waals surface area contributed by atoms with Crippen molar-refractivity contribution in [2.75, 3.05) is 0 Å². The molecule has 0 saturated heterocycles.